The molecule has 0 saturated carbocycles. The van der Waals surface area contributed by atoms with Gasteiger partial charge in [0.1, 0.15) is 17.0 Å². The summed E-state index contributed by atoms with van der Waals surface area (Å²) in [7, 11) is 1.51. The molecular formula is C28H25N3O5. The molecule has 182 valence electrons. The summed E-state index contributed by atoms with van der Waals surface area (Å²) in [6, 6.07) is 16.2. The molecule has 0 saturated heterocycles. The Morgan fingerprint density at radius 1 is 1.00 bits per heavy atom. The fourth-order valence-corrected chi connectivity index (χ4v) is 4.43. The number of carbonyl (C=O) groups excluding carboxylic acids is 2. The summed E-state index contributed by atoms with van der Waals surface area (Å²) in [5.41, 5.74) is 6.46. The molecule has 0 spiro atoms. The monoisotopic (exact) mass is 483 g/mol. The number of aromatic nitrogens is 1. The van der Waals surface area contributed by atoms with E-state index in [2.05, 4.69) is 15.5 Å². The van der Waals surface area contributed by atoms with E-state index >= 15 is 0 Å². The number of esters is 1. The number of hydrazone groups is 1. The number of carbonyl (C=O) groups is 2. The van der Waals surface area contributed by atoms with Crippen LogP contribution in [-0.4, -0.2) is 29.7 Å². The molecule has 2 aromatic heterocycles. The van der Waals surface area contributed by atoms with E-state index < -0.39 is 5.97 Å². The number of hydrogen-bond donors (Lipinski definition) is 1. The lowest BCUT2D eigenvalue weighted by molar-refractivity contribution is 0.0700. The molecule has 0 fully saturated rings. The number of furan rings is 1. The molecule has 8 heteroatoms. The lowest BCUT2D eigenvalue weighted by Gasteiger charge is -2.14. The van der Waals surface area contributed by atoms with Crippen LogP contribution in [0.25, 0.3) is 10.9 Å². The average Bonchev–Trinajstić information content (AvgIpc) is 3.24. The third kappa shape index (κ3) is 4.33. The van der Waals surface area contributed by atoms with Gasteiger partial charge in [-0.3, -0.25) is 4.79 Å². The molecule has 1 N–H and O–H groups in total. The molecule has 4 aromatic rings. The summed E-state index contributed by atoms with van der Waals surface area (Å²) in [5, 5.41) is 5.26. The third-order valence-corrected chi connectivity index (χ3v) is 6.18. The maximum atomic E-state index is 13.1. The highest BCUT2D eigenvalue weighted by atomic mass is 16.5. The summed E-state index contributed by atoms with van der Waals surface area (Å²) in [6.07, 6.45) is 2.09. The maximum Gasteiger partial charge on any atom is 0.380 e. The SMILES string of the molecule is COc1ccccc1C(=O)N/N=C1\CCCc2oc(C(=O)Oc3cccc4ccc(C)nc34)c(C)c21. The number of amides is 1. The molecule has 0 aliphatic heterocycles. The number of nitrogens with one attached hydrogen (secondary N) is 1. The molecule has 1 aliphatic carbocycles. The first-order valence-electron chi connectivity index (χ1n) is 11.7. The first-order chi connectivity index (χ1) is 17.5. The molecule has 1 amide bonds. The molecule has 0 radical (unpaired) electrons. The van der Waals surface area contributed by atoms with Gasteiger partial charge in [0.05, 0.1) is 18.4 Å². The lowest BCUT2D eigenvalue weighted by Crippen LogP contribution is -2.22. The maximum absolute atomic E-state index is 13.1. The zero-order valence-electron chi connectivity index (χ0n) is 20.3. The average molecular weight is 484 g/mol. The number of fused-ring (bicyclic) bond motifs is 2. The van der Waals surface area contributed by atoms with Crippen molar-refractivity contribution in [2.24, 2.45) is 5.10 Å². The topological polar surface area (TPSA) is 103 Å². The highest BCUT2D eigenvalue weighted by molar-refractivity contribution is 6.07. The van der Waals surface area contributed by atoms with Crippen LogP contribution in [0, 0.1) is 13.8 Å². The van der Waals surface area contributed by atoms with Crippen molar-refractivity contribution in [3.8, 4) is 11.5 Å². The van der Waals surface area contributed by atoms with Gasteiger partial charge in [0.2, 0.25) is 5.76 Å². The Balaban J connectivity index is 1.42. The van der Waals surface area contributed by atoms with Crippen LogP contribution in [0.1, 0.15) is 56.3 Å². The lowest BCUT2D eigenvalue weighted by atomic mass is 9.93. The quantitative estimate of drug-likeness (QED) is 0.239. The Kier molecular flexibility index (Phi) is 6.25. The molecule has 2 heterocycles. The number of aryl methyl sites for hydroxylation is 2. The Hall–Kier alpha value is -4.46. The predicted octanol–water partition coefficient (Wildman–Crippen LogP) is 5.14. The van der Waals surface area contributed by atoms with E-state index in [4.69, 9.17) is 13.9 Å². The summed E-state index contributed by atoms with van der Waals surface area (Å²) < 4.78 is 16.9. The highest BCUT2D eigenvalue weighted by Crippen LogP contribution is 2.32. The second-order valence-electron chi connectivity index (χ2n) is 8.58. The predicted molar refractivity (Wildman–Crippen MR) is 135 cm³/mol. The van der Waals surface area contributed by atoms with Gasteiger partial charge in [0, 0.05) is 28.6 Å². The Morgan fingerprint density at radius 3 is 2.64 bits per heavy atom. The van der Waals surface area contributed by atoms with Crippen molar-refractivity contribution < 1.29 is 23.5 Å². The number of hydrogen-bond acceptors (Lipinski definition) is 7. The Labute approximate surface area is 207 Å². The van der Waals surface area contributed by atoms with Crippen LogP contribution < -0.4 is 14.9 Å². The van der Waals surface area contributed by atoms with Crippen LogP contribution in [0.4, 0.5) is 0 Å². The van der Waals surface area contributed by atoms with Crippen LogP contribution in [0.2, 0.25) is 0 Å². The number of rotatable bonds is 5. The van der Waals surface area contributed by atoms with E-state index in [1.807, 2.05) is 31.2 Å². The molecule has 5 rings (SSSR count). The van der Waals surface area contributed by atoms with Crippen molar-refractivity contribution in [1.29, 1.82) is 0 Å². The largest absolute Gasteiger partial charge is 0.496 e. The smallest absolute Gasteiger partial charge is 0.380 e. The number of benzene rings is 2. The Morgan fingerprint density at radius 2 is 1.81 bits per heavy atom. The van der Waals surface area contributed by atoms with Crippen molar-refractivity contribution in [3.63, 3.8) is 0 Å². The van der Waals surface area contributed by atoms with Gasteiger partial charge >= 0.3 is 5.97 Å². The van der Waals surface area contributed by atoms with Gasteiger partial charge in [-0.1, -0.05) is 30.3 Å². The number of ether oxygens (including phenoxy) is 2. The standard InChI is InChI=1S/C28H25N3O5/c1-16-14-15-18-8-6-13-23(25(18)29-16)36-28(33)26-17(2)24-20(10-7-12-22(24)35-26)30-31-27(32)19-9-4-5-11-21(19)34-3/h4-6,8-9,11,13-15H,7,10,12H2,1-3H3,(H,31,32)/b30-20+. The summed E-state index contributed by atoms with van der Waals surface area (Å²) >= 11 is 0. The molecule has 0 bridgehead atoms. The van der Waals surface area contributed by atoms with Crippen molar-refractivity contribution in [1.82, 2.24) is 10.4 Å². The van der Waals surface area contributed by atoms with Gasteiger partial charge < -0.3 is 13.9 Å². The molecule has 2 aromatic carbocycles. The first-order valence-corrected chi connectivity index (χ1v) is 11.7. The van der Waals surface area contributed by atoms with Gasteiger partial charge in [-0.15, -0.1) is 0 Å². The zero-order valence-corrected chi connectivity index (χ0v) is 20.3. The summed E-state index contributed by atoms with van der Waals surface area (Å²) in [4.78, 5) is 30.4. The van der Waals surface area contributed by atoms with Crippen molar-refractivity contribution in [2.75, 3.05) is 7.11 Å². The Bertz CT molecular complexity index is 1520. The summed E-state index contributed by atoms with van der Waals surface area (Å²) in [6.45, 7) is 3.68. The molecule has 1 aliphatic rings. The number of methoxy groups -OCH3 is 1. The van der Waals surface area contributed by atoms with Gasteiger partial charge in [0.25, 0.3) is 5.91 Å². The fourth-order valence-electron chi connectivity index (χ4n) is 4.43. The second-order valence-corrected chi connectivity index (χ2v) is 8.58. The number of pyridine rings is 1. The van der Waals surface area contributed by atoms with Crippen LogP contribution in [-0.2, 0) is 6.42 Å². The van der Waals surface area contributed by atoms with Crippen molar-refractivity contribution in [2.45, 2.75) is 33.1 Å². The van der Waals surface area contributed by atoms with Crippen molar-refractivity contribution in [3.05, 3.63) is 88.5 Å². The van der Waals surface area contributed by atoms with Crippen LogP contribution >= 0.6 is 0 Å². The highest BCUT2D eigenvalue weighted by Gasteiger charge is 2.29. The molecule has 36 heavy (non-hydrogen) atoms. The van der Waals surface area contributed by atoms with Crippen LogP contribution in [0.3, 0.4) is 0 Å². The van der Waals surface area contributed by atoms with Crippen LogP contribution in [0.5, 0.6) is 11.5 Å². The van der Waals surface area contributed by atoms with Crippen LogP contribution in [0.15, 0.2) is 64.1 Å². The minimum absolute atomic E-state index is 0.121. The number of nitrogens with zero attached hydrogens (tertiary/aromatic N) is 2. The zero-order chi connectivity index (χ0) is 25.2. The van der Waals surface area contributed by atoms with Gasteiger partial charge in [0.15, 0.2) is 5.75 Å². The minimum Gasteiger partial charge on any atom is -0.496 e. The van der Waals surface area contributed by atoms with E-state index in [0.29, 0.717) is 52.5 Å². The van der Waals surface area contributed by atoms with E-state index in [0.717, 1.165) is 23.1 Å². The second kappa shape index (κ2) is 9.65. The van der Waals surface area contributed by atoms with Gasteiger partial charge in [-0.2, -0.15) is 5.10 Å². The number of para-hydroxylation sites is 2. The van der Waals surface area contributed by atoms with Gasteiger partial charge in [-0.25, -0.2) is 15.2 Å². The summed E-state index contributed by atoms with van der Waals surface area (Å²) in [5.74, 6) is 0.620. The van der Waals surface area contributed by atoms with E-state index in [1.165, 1.54) is 7.11 Å². The van der Waals surface area contributed by atoms with E-state index in [9.17, 15) is 9.59 Å². The van der Waals surface area contributed by atoms with Gasteiger partial charge in [-0.05, 0) is 51.0 Å². The molecule has 0 unspecified atom stereocenters. The molecular weight excluding hydrogens is 458 g/mol. The fraction of sp³-hybridized carbons (Fsp3) is 0.214. The van der Waals surface area contributed by atoms with E-state index in [1.54, 1.807) is 37.3 Å². The normalized spacial score (nSPS) is 13.9. The molecule has 0 atom stereocenters. The first kappa shape index (κ1) is 23.3. The van der Waals surface area contributed by atoms with E-state index in [-0.39, 0.29) is 11.7 Å². The molecule has 8 nitrogen and oxygen atoms in total. The third-order valence-electron chi connectivity index (χ3n) is 6.18. The van der Waals surface area contributed by atoms with Crippen molar-refractivity contribution >= 4 is 28.5 Å². The minimum atomic E-state index is -0.602.